The summed E-state index contributed by atoms with van der Waals surface area (Å²) in [6.07, 6.45) is 9.78. The van der Waals surface area contributed by atoms with Crippen LogP contribution in [0.5, 0.6) is 0 Å². The summed E-state index contributed by atoms with van der Waals surface area (Å²) < 4.78 is 0. The molecule has 0 amide bonds. The van der Waals surface area contributed by atoms with E-state index >= 15 is 0 Å². The molecule has 1 aromatic rings. The van der Waals surface area contributed by atoms with Crippen LogP contribution in [0.4, 0.5) is 11.4 Å². The van der Waals surface area contributed by atoms with Gasteiger partial charge in [0, 0.05) is 6.04 Å². The van der Waals surface area contributed by atoms with Crippen molar-refractivity contribution in [3.63, 3.8) is 0 Å². The lowest BCUT2D eigenvalue weighted by Gasteiger charge is -2.44. The fourth-order valence-corrected chi connectivity index (χ4v) is 3.70. The van der Waals surface area contributed by atoms with E-state index in [1.807, 2.05) is 18.2 Å². The van der Waals surface area contributed by atoms with Crippen molar-refractivity contribution in [1.29, 1.82) is 0 Å². The molecule has 2 heterocycles. The Labute approximate surface area is 157 Å². The molecule has 1 atom stereocenters. The van der Waals surface area contributed by atoms with Crippen LogP contribution in [-0.4, -0.2) is 30.5 Å². The number of hydrogen-bond donors (Lipinski definition) is 3. The third kappa shape index (κ3) is 4.07. The second kappa shape index (κ2) is 8.37. The molecule has 3 rings (SSSR count). The predicted octanol–water partition coefficient (Wildman–Crippen LogP) is 4.51. The van der Waals surface area contributed by atoms with Crippen LogP contribution in [0.1, 0.15) is 32.6 Å². The van der Waals surface area contributed by atoms with Gasteiger partial charge in [-0.1, -0.05) is 43.5 Å². The number of amidine groups is 1. The number of nitrogens with zero attached hydrogens (tertiary/aromatic N) is 1. The van der Waals surface area contributed by atoms with Gasteiger partial charge in [0.15, 0.2) is 0 Å². The summed E-state index contributed by atoms with van der Waals surface area (Å²) in [6, 6.07) is 8.63. The van der Waals surface area contributed by atoms with Crippen LogP contribution >= 0.6 is 0 Å². The molecule has 0 aliphatic carbocycles. The lowest BCUT2D eigenvalue weighted by molar-refractivity contribution is 0.418. The summed E-state index contributed by atoms with van der Waals surface area (Å²) in [5.41, 5.74) is 3.40. The predicted molar refractivity (Wildman–Crippen MR) is 113 cm³/mol. The van der Waals surface area contributed by atoms with Crippen molar-refractivity contribution in [3.05, 3.63) is 61.2 Å². The second-order valence-corrected chi connectivity index (χ2v) is 7.17. The summed E-state index contributed by atoms with van der Waals surface area (Å²) in [7, 11) is 0. The van der Waals surface area contributed by atoms with Gasteiger partial charge in [-0.25, -0.2) is 0 Å². The van der Waals surface area contributed by atoms with Gasteiger partial charge in [-0.15, -0.1) is 0 Å². The molecule has 2 aliphatic rings. The van der Waals surface area contributed by atoms with Gasteiger partial charge >= 0.3 is 0 Å². The van der Waals surface area contributed by atoms with Crippen molar-refractivity contribution in [2.24, 2.45) is 4.99 Å². The number of fused-ring (bicyclic) bond motifs is 1. The second-order valence-electron chi connectivity index (χ2n) is 7.17. The molecule has 4 nitrogen and oxygen atoms in total. The Kier molecular flexibility index (Phi) is 5.94. The molecule has 3 N–H and O–H groups in total. The third-order valence-corrected chi connectivity index (χ3v) is 5.26. The zero-order valence-electron chi connectivity index (χ0n) is 15.7. The Balaban J connectivity index is 1.80. The highest BCUT2D eigenvalue weighted by Gasteiger charge is 2.41. The number of aliphatic imine (C=N–C) groups is 1. The normalized spacial score (nSPS) is 21.4. The average Bonchev–Trinajstić information content (AvgIpc) is 2.66. The van der Waals surface area contributed by atoms with Crippen molar-refractivity contribution >= 4 is 17.2 Å². The highest BCUT2D eigenvalue weighted by molar-refractivity contribution is 6.09. The van der Waals surface area contributed by atoms with Crippen LogP contribution in [0.25, 0.3) is 0 Å². The molecule has 1 aromatic carbocycles. The standard InChI is InChI=1S/C22H30N4/c1-4-8-18(5-2)12-11-17(3)24-21-22(13-15-23-16-14-22)26-20-10-7-6-9-19(20)25-21/h4-10,17,23,26H,1-2,11-16H2,3H3,(H,24,25)/b18-8+. The van der Waals surface area contributed by atoms with E-state index in [-0.39, 0.29) is 11.6 Å². The summed E-state index contributed by atoms with van der Waals surface area (Å²) in [6.45, 7) is 11.9. The Bertz CT molecular complexity index is 711. The quantitative estimate of drug-likeness (QED) is 0.662. The monoisotopic (exact) mass is 350 g/mol. The van der Waals surface area contributed by atoms with Crippen LogP contribution in [-0.2, 0) is 0 Å². The van der Waals surface area contributed by atoms with Gasteiger partial charge in [-0.3, -0.25) is 4.99 Å². The molecule has 138 valence electrons. The average molecular weight is 351 g/mol. The molecule has 0 bridgehead atoms. The molecule has 1 saturated heterocycles. The van der Waals surface area contributed by atoms with Crippen molar-refractivity contribution in [3.8, 4) is 0 Å². The first-order valence-corrected chi connectivity index (χ1v) is 9.54. The highest BCUT2D eigenvalue weighted by Crippen LogP contribution is 2.36. The maximum atomic E-state index is 5.11. The molecular formula is C22H30N4. The molecular weight excluding hydrogens is 320 g/mol. The van der Waals surface area contributed by atoms with Crippen LogP contribution < -0.4 is 16.0 Å². The molecule has 1 fully saturated rings. The Morgan fingerprint density at radius 3 is 2.65 bits per heavy atom. The fourth-order valence-electron chi connectivity index (χ4n) is 3.70. The molecule has 0 saturated carbocycles. The van der Waals surface area contributed by atoms with Crippen molar-refractivity contribution in [1.82, 2.24) is 5.32 Å². The number of rotatable bonds is 6. The van der Waals surface area contributed by atoms with Crippen LogP contribution in [0.15, 0.2) is 66.2 Å². The van der Waals surface area contributed by atoms with Gasteiger partial charge in [0.2, 0.25) is 0 Å². The minimum atomic E-state index is -0.0912. The maximum absolute atomic E-state index is 5.11. The number of nitrogens with one attached hydrogen (secondary N) is 3. The van der Waals surface area contributed by atoms with E-state index in [0.29, 0.717) is 0 Å². The van der Waals surface area contributed by atoms with E-state index in [0.717, 1.165) is 50.3 Å². The molecule has 26 heavy (non-hydrogen) atoms. The number of benzene rings is 1. The van der Waals surface area contributed by atoms with Crippen molar-refractivity contribution < 1.29 is 0 Å². The summed E-state index contributed by atoms with van der Waals surface area (Å²) in [5, 5.41) is 10.9. The summed E-state index contributed by atoms with van der Waals surface area (Å²) in [4.78, 5) is 5.11. The lowest BCUT2D eigenvalue weighted by Crippen LogP contribution is -2.58. The van der Waals surface area contributed by atoms with Gasteiger partial charge in [-0.2, -0.15) is 0 Å². The first kappa shape index (κ1) is 18.5. The SMILES string of the molecule is C=C/C=C(\C=C)CCC(C)N=C1Nc2ccccc2NC12CCNCC2. The van der Waals surface area contributed by atoms with Gasteiger partial charge in [0.1, 0.15) is 5.84 Å². The van der Waals surface area contributed by atoms with Crippen LogP contribution in [0.3, 0.4) is 0 Å². The molecule has 0 aromatic heterocycles. The zero-order chi connectivity index (χ0) is 18.4. The molecule has 2 aliphatic heterocycles. The Morgan fingerprint density at radius 1 is 1.23 bits per heavy atom. The number of hydrogen-bond acceptors (Lipinski definition) is 3. The third-order valence-electron chi connectivity index (χ3n) is 5.26. The first-order chi connectivity index (χ1) is 12.7. The van der Waals surface area contributed by atoms with E-state index < -0.39 is 0 Å². The molecule has 1 unspecified atom stereocenters. The van der Waals surface area contributed by atoms with E-state index in [9.17, 15) is 0 Å². The van der Waals surface area contributed by atoms with Crippen molar-refractivity contribution in [2.45, 2.75) is 44.2 Å². The number of piperidine rings is 1. The van der Waals surface area contributed by atoms with E-state index in [4.69, 9.17) is 4.99 Å². The largest absolute Gasteiger partial charge is 0.371 e. The Morgan fingerprint density at radius 2 is 1.96 bits per heavy atom. The minimum Gasteiger partial charge on any atom is -0.371 e. The minimum absolute atomic E-state index is 0.0912. The Hall–Kier alpha value is -2.33. The van der Waals surface area contributed by atoms with E-state index in [2.05, 4.69) is 60.3 Å². The topological polar surface area (TPSA) is 48.5 Å². The van der Waals surface area contributed by atoms with Gasteiger partial charge < -0.3 is 16.0 Å². The van der Waals surface area contributed by atoms with E-state index in [1.165, 1.54) is 11.3 Å². The van der Waals surface area contributed by atoms with E-state index in [1.54, 1.807) is 0 Å². The van der Waals surface area contributed by atoms with Gasteiger partial charge in [-0.05, 0) is 63.4 Å². The summed E-state index contributed by atoms with van der Waals surface area (Å²) in [5.74, 6) is 1.08. The van der Waals surface area contributed by atoms with Crippen LogP contribution in [0, 0.1) is 0 Å². The van der Waals surface area contributed by atoms with Crippen molar-refractivity contribution in [2.75, 3.05) is 23.7 Å². The molecule has 4 heteroatoms. The lowest BCUT2D eigenvalue weighted by atomic mass is 9.84. The molecule has 0 radical (unpaired) electrons. The number of anilines is 2. The fraction of sp³-hybridized carbons (Fsp3) is 0.409. The van der Waals surface area contributed by atoms with Gasteiger partial charge in [0.25, 0.3) is 0 Å². The highest BCUT2D eigenvalue weighted by atomic mass is 15.2. The summed E-state index contributed by atoms with van der Waals surface area (Å²) >= 11 is 0. The molecule has 1 spiro atoms. The smallest absolute Gasteiger partial charge is 0.127 e. The maximum Gasteiger partial charge on any atom is 0.127 e. The van der Waals surface area contributed by atoms with Crippen LogP contribution in [0.2, 0.25) is 0 Å². The first-order valence-electron chi connectivity index (χ1n) is 9.54. The van der Waals surface area contributed by atoms with Gasteiger partial charge in [0.05, 0.1) is 16.9 Å². The number of para-hydroxylation sites is 2. The zero-order valence-corrected chi connectivity index (χ0v) is 15.7. The number of allylic oxidation sites excluding steroid dienone is 4.